The molecule has 0 bridgehead atoms. The van der Waals surface area contributed by atoms with Gasteiger partial charge in [0.2, 0.25) is 0 Å². The molecule has 1 saturated heterocycles. The van der Waals surface area contributed by atoms with Gasteiger partial charge in [-0.05, 0) is 42.6 Å². The molecule has 17 heavy (non-hydrogen) atoms. The van der Waals surface area contributed by atoms with Crippen molar-refractivity contribution < 1.29 is 0 Å². The number of nitrogens with two attached hydrogens (primary N) is 1. The van der Waals surface area contributed by atoms with E-state index in [1.807, 2.05) is 12.1 Å². The Hall–Kier alpha value is -0.0900. The maximum absolute atomic E-state index is 6.21. The summed E-state index contributed by atoms with van der Waals surface area (Å²) in [6.07, 6.45) is 1.08. The first-order chi connectivity index (χ1) is 8.06. The second kappa shape index (κ2) is 5.70. The molecule has 0 spiro atoms. The molecule has 1 aromatic rings. The predicted molar refractivity (Wildman–Crippen MR) is 76.2 cm³/mol. The van der Waals surface area contributed by atoms with Gasteiger partial charge in [0.1, 0.15) is 0 Å². The quantitative estimate of drug-likeness (QED) is 0.907. The van der Waals surface area contributed by atoms with Gasteiger partial charge in [-0.15, -0.1) is 0 Å². The van der Waals surface area contributed by atoms with Gasteiger partial charge >= 0.3 is 0 Å². The Morgan fingerprint density at radius 2 is 2.29 bits per heavy atom. The first-order valence-electron chi connectivity index (χ1n) is 5.98. The number of likely N-dealkylation sites (tertiary alicyclic amines) is 1. The monoisotopic (exact) mass is 316 g/mol. The van der Waals surface area contributed by atoms with E-state index in [4.69, 9.17) is 17.3 Å². The third-order valence-electron chi connectivity index (χ3n) is 3.46. The van der Waals surface area contributed by atoms with Gasteiger partial charge < -0.3 is 5.73 Å². The molecule has 94 valence electrons. The van der Waals surface area contributed by atoms with Gasteiger partial charge in [0.15, 0.2) is 0 Å². The van der Waals surface area contributed by atoms with Crippen LogP contribution in [0.5, 0.6) is 0 Å². The summed E-state index contributed by atoms with van der Waals surface area (Å²) in [5.41, 5.74) is 7.21. The van der Waals surface area contributed by atoms with E-state index in [0.29, 0.717) is 12.0 Å². The molecule has 0 radical (unpaired) electrons. The van der Waals surface area contributed by atoms with Crippen LogP contribution < -0.4 is 5.73 Å². The SMILES string of the molecule is CC1CN(Cc2cc(Br)ccc2Cl)CCC1N. The normalized spacial score (nSPS) is 26.1. The van der Waals surface area contributed by atoms with Crippen LogP contribution in [0.4, 0.5) is 0 Å². The number of hydrogen-bond donors (Lipinski definition) is 1. The van der Waals surface area contributed by atoms with E-state index in [1.54, 1.807) is 0 Å². The maximum Gasteiger partial charge on any atom is 0.0451 e. The molecule has 2 N–H and O–H groups in total. The minimum absolute atomic E-state index is 0.351. The standard InChI is InChI=1S/C13H18BrClN2/c1-9-7-17(5-4-13(9)16)8-10-6-11(14)2-3-12(10)15/h2-3,6,9,13H,4-5,7-8,16H2,1H3. The molecule has 1 aliphatic rings. The van der Waals surface area contributed by atoms with E-state index in [2.05, 4.69) is 33.8 Å². The van der Waals surface area contributed by atoms with Gasteiger partial charge in [-0.1, -0.05) is 34.5 Å². The minimum atomic E-state index is 0.351. The van der Waals surface area contributed by atoms with Gasteiger partial charge in [-0.3, -0.25) is 4.90 Å². The second-order valence-electron chi connectivity index (χ2n) is 4.90. The zero-order valence-electron chi connectivity index (χ0n) is 10.00. The predicted octanol–water partition coefficient (Wildman–Crippen LogP) is 3.27. The van der Waals surface area contributed by atoms with Crippen LogP contribution in [-0.2, 0) is 6.54 Å². The van der Waals surface area contributed by atoms with Crippen LogP contribution in [0.3, 0.4) is 0 Å². The second-order valence-corrected chi connectivity index (χ2v) is 6.22. The molecule has 0 aromatic heterocycles. The van der Waals surface area contributed by atoms with Crippen LogP contribution in [0.2, 0.25) is 5.02 Å². The lowest BCUT2D eigenvalue weighted by molar-refractivity contribution is 0.158. The Bertz CT molecular complexity index is 397. The Kier molecular flexibility index (Phi) is 4.47. The number of nitrogens with zero attached hydrogens (tertiary/aromatic N) is 1. The van der Waals surface area contributed by atoms with Crippen molar-refractivity contribution >= 4 is 27.5 Å². The fraction of sp³-hybridized carbons (Fsp3) is 0.538. The van der Waals surface area contributed by atoms with Crippen molar-refractivity contribution in [3.05, 3.63) is 33.3 Å². The van der Waals surface area contributed by atoms with Crippen molar-refractivity contribution in [3.63, 3.8) is 0 Å². The summed E-state index contributed by atoms with van der Waals surface area (Å²) in [5, 5.41) is 0.843. The first kappa shape index (κ1) is 13.3. The van der Waals surface area contributed by atoms with Crippen molar-refractivity contribution in [1.82, 2.24) is 4.90 Å². The summed E-state index contributed by atoms with van der Waals surface area (Å²) in [6.45, 7) is 5.26. The zero-order valence-corrected chi connectivity index (χ0v) is 12.3. The Balaban J connectivity index is 2.03. The fourth-order valence-corrected chi connectivity index (χ4v) is 2.88. The van der Waals surface area contributed by atoms with Crippen molar-refractivity contribution in [2.75, 3.05) is 13.1 Å². The smallest absolute Gasteiger partial charge is 0.0451 e. The van der Waals surface area contributed by atoms with E-state index >= 15 is 0 Å². The average molecular weight is 318 g/mol. The highest BCUT2D eigenvalue weighted by Crippen LogP contribution is 2.24. The molecular weight excluding hydrogens is 300 g/mol. The largest absolute Gasteiger partial charge is 0.327 e. The molecule has 2 rings (SSSR count). The lowest BCUT2D eigenvalue weighted by Gasteiger charge is -2.35. The van der Waals surface area contributed by atoms with Crippen LogP contribution in [0.1, 0.15) is 18.9 Å². The molecule has 0 amide bonds. The summed E-state index contributed by atoms with van der Waals surface area (Å²) >= 11 is 9.69. The number of rotatable bonds is 2. The van der Waals surface area contributed by atoms with Crippen molar-refractivity contribution in [2.45, 2.75) is 25.9 Å². The molecule has 1 aromatic carbocycles. The highest BCUT2D eigenvalue weighted by atomic mass is 79.9. The third kappa shape index (κ3) is 3.44. The number of halogens is 2. The summed E-state index contributed by atoms with van der Waals surface area (Å²) < 4.78 is 1.08. The van der Waals surface area contributed by atoms with Crippen LogP contribution >= 0.6 is 27.5 Å². The van der Waals surface area contributed by atoms with Gasteiger partial charge in [0, 0.05) is 28.6 Å². The Morgan fingerprint density at radius 3 is 3.00 bits per heavy atom. The van der Waals surface area contributed by atoms with Gasteiger partial charge in [-0.2, -0.15) is 0 Å². The lowest BCUT2D eigenvalue weighted by Crippen LogP contribution is -2.45. The number of hydrogen-bond acceptors (Lipinski definition) is 2. The Morgan fingerprint density at radius 1 is 1.53 bits per heavy atom. The molecule has 1 aliphatic heterocycles. The van der Waals surface area contributed by atoms with Crippen LogP contribution in [0, 0.1) is 5.92 Å². The van der Waals surface area contributed by atoms with Crippen molar-refractivity contribution in [2.24, 2.45) is 11.7 Å². The molecular formula is C13H18BrClN2. The summed E-state index contributed by atoms with van der Waals surface area (Å²) in [7, 11) is 0. The molecule has 0 aliphatic carbocycles. The van der Waals surface area contributed by atoms with Crippen LogP contribution in [0.25, 0.3) is 0 Å². The van der Waals surface area contributed by atoms with E-state index < -0.39 is 0 Å². The molecule has 4 heteroatoms. The zero-order chi connectivity index (χ0) is 12.4. The van der Waals surface area contributed by atoms with Gasteiger partial charge in [0.05, 0.1) is 0 Å². The summed E-state index contributed by atoms with van der Waals surface area (Å²) in [5.74, 6) is 0.565. The molecule has 0 saturated carbocycles. The summed E-state index contributed by atoms with van der Waals surface area (Å²) in [6, 6.07) is 6.37. The molecule has 2 unspecified atom stereocenters. The van der Waals surface area contributed by atoms with Gasteiger partial charge in [-0.25, -0.2) is 0 Å². The Labute approximate surface area is 116 Å². The minimum Gasteiger partial charge on any atom is -0.327 e. The molecule has 2 atom stereocenters. The van der Waals surface area contributed by atoms with Crippen molar-refractivity contribution in [3.8, 4) is 0 Å². The molecule has 1 heterocycles. The molecule has 1 fully saturated rings. The lowest BCUT2D eigenvalue weighted by atomic mass is 9.94. The topological polar surface area (TPSA) is 29.3 Å². The summed E-state index contributed by atoms with van der Waals surface area (Å²) in [4.78, 5) is 2.43. The van der Waals surface area contributed by atoms with Crippen LogP contribution in [-0.4, -0.2) is 24.0 Å². The van der Waals surface area contributed by atoms with E-state index in [0.717, 1.165) is 35.6 Å². The number of benzene rings is 1. The highest BCUT2D eigenvalue weighted by Gasteiger charge is 2.23. The number of piperidine rings is 1. The van der Waals surface area contributed by atoms with Crippen LogP contribution in [0.15, 0.2) is 22.7 Å². The van der Waals surface area contributed by atoms with E-state index in [1.165, 1.54) is 5.56 Å². The maximum atomic E-state index is 6.21. The van der Waals surface area contributed by atoms with Gasteiger partial charge in [0.25, 0.3) is 0 Å². The fourth-order valence-electron chi connectivity index (χ4n) is 2.30. The average Bonchev–Trinajstić information content (AvgIpc) is 2.29. The highest BCUT2D eigenvalue weighted by molar-refractivity contribution is 9.10. The first-order valence-corrected chi connectivity index (χ1v) is 7.15. The van der Waals surface area contributed by atoms with Crippen molar-refractivity contribution in [1.29, 1.82) is 0 Å². The third-order valence-corrected chi connectivity index (χ3v) is 4.32. The van der Waals surface area contributed by atoms with E-state index in [-0.39, 0.29) is 0 Å². The molecule has 2 nitrogen and oxygen atoms in total. The van der Waals surface area contributed by atoms with E-state index in [9.17, 15) is 0 Å².